The van der Waals surface area contributed by atoms with Crippen LogP contribution in [0.4, 0.5) is 4.39 Å². The van der Waals surface area contributed by atoms with Gasteiger partial charge in [-0.25, -0.2) is 9.37 Å². The number of nitrogens with zero attached hydrogens (tertiary/aromatic N) is 3. The molecule has 0 spiro atoms. The summed E-state index contributed by atoms with van der Waals surface area (Å²) in [6.45, 7) is 3.88. The zero-order chi connectivity index (χ0) is 27.2. The van der Waals surface area contributed by atoms with E-state index >= 15 is 0 Å². The highest BCUT2D eigenvalue weighted by Crippen LogP contribution is 2.27. The standard InChI is InChI=1S/C30H30FN3O4/c1-20-17-34(21(2)19-35)30(37)25-15-23(14-13-22-9-5-4-6-10-22)16-32-28(25)38-27(20)18-33(3)29(36)24-11-7-8-12-26(24)31/h4-12,15-16,20-21,27,35H,17-19H2,1-3H3/t20-,21-,27+/m0/s1. The van der Waals surface area contributed by atoms with E-state index < -0.39 is 23.9 Å². The number of aliphatic hydroxyl groups is 1. The van der Waals surface area contributed by atoms with Crippen molar-refractivity contribution in [3.63, 3.8) is 0 Å². The van der Waals surface area contributed by atoms with Gasteiger partial charge in [0.15, 0.2) is 0 Å². The number of pyridine rings is 1. The SMILES string of the molecule is C[C@H]1CN([C@@H](C)CO)C(=O)c2cc(C#Cc3ccccc3)cnc2O[C@@H]1CN(C)C(=O)c1ccccc1F. The second-order valence-electron chi connectivity index (χ2n) is 9.48. The van der Waals surface area contributed by atoms with Crippen molar-refractivity contribution in [2.75, 3.05) is 26.7 Å². The van der Waals surface area contributed by atoms with Gasteiger partial charge in [0.2, 0.25) is 5.88 Å². The first kappa shape index (κ1) is 26.8. The molecule has 196 valence electrons. The molecule has 8 heteroatoms. The highest BCUT2D eigenvalue weighted by molar-refractivity contribution is 5.97. The molecule has 0 radical (unpaired) electrons. The molecule has 0 aliphatic carbocycles. The van der Waals surface area contributed by atoms with E-state index in [0.717, 1.165) is 5.56 Å². The van der Waals surface area contributed by atoms with Gasteiger partial charge in [-0.15, -0.1) is 0 Å². The lowest BCUT2D eigenvalue weighted by molar-refractivity contribution is 0.0312. The van der Waals surface area contributed by atoms with Gasteiger partial charge in [-0.1, -0.05) is 49.1 Å². The average molecular weight is 516 g/mol. The molecule has 1 aromatic heterocycles. The smallest absolute Gasteiger partial charge is 0.259 e. The van der Waals surface area contributed by atoms with Crippen LogP contribution in [0.5, 0.6) is 5.88 Å². The number of ether oxygens (including phenoxy) is 1. The van der Waals surface area contributed by atoms with Crippen LogP contribution in [0.15, 0.2) is 66.9 Å². The van der Waals surface area contributed by atoms with Crippen LogP contribution < -0.4 is 4.74 Å². The largest absolute Gasteiger partial charge is 0.472 e. The number of likely N-dealkylation sites (N-methyl/N-ethyl adjacent to an activating group) is 1. The number of halogens is 1. The fourth-order valence-electron chi connectivity index (χ4n) is 4.25. The van der Waals surface area contributed by atoms with E-state index in [-0.39, 0.29) is 48.5 Å². The van der Waals surface area contributed by atoms with E-state index in [1.54, 1.807) is 37.2 Å². The summed E-state index contributed by atoms with van der Waals surface area (Å²) in [5.41, 5.74) is 1.57. The van der Waals surface area contributed by atoms with Crippen LogP contribution in [-0.4, -0.2) is 70.6 Å². The van der Waals surface area contributed by atoms with Gasteiger partial charge >= 0.3 is 0 Å². The monoisotopic (exact) mass is 515 g/mol. The Bertz CT molecular complexity index is 1370. The van der Waals surface area contributed by atoms with Gasteiger partial charge in [-0.2, -0.15) is 0 Å². The number of amides is 2. The van der Waals surface area contributed by atoms with Crippen molar-refractivity contribution in [2.45, 2.75) is 26.0 Å². The Morgan fingerprint density at radius 2 is 1.87 bits per heavy atom. The molecule has 3 atom stereocenters. The summed E-state index contributed by atoms with van der Waals surface area (Å²) >= 11 is 0. The molecule has 7 nitrogen and oxygen atoms in total. The number of fused-ring (bicyclic) bond motifs is 1. The molecule has 1 aliphatic rings. The summed E-state index contributed by atoms with van der Waals surface area (Å²) in [5, 5.41) is 9.85. The van der Waals surface area contributed by atoms with E-state index in [9.17, 15) is 19.1 Å². The maximum atomic E-state index is 14.2. The van der Waals surface area contributed by atoms with Gasteiger partial charge in [0.1, 0.15) is 17.5 Å². The Morgan fingerprint density at radius 3 is 2.58 bits per heavy atom. The minimum Gasteiger partial charge on any atom is -0.472 e. The molecular weight excluding hydrogens is 485 g/mol. The number of carbonyl (C=O) groups is 2. The Hall–Kier alpha value is -4.22. The van der Waals surface area contributed by atoms with Crippen LogP contribution in [0.1, 0.15) is 45.7 Å². The molecule has 4 rings (SSSR count). The average Bonchev–Trinajstić information content (AvgIpc) is 2.93. The summed E-state index contributed by atoms with van der Waals surface area (Å²) in [7, 11) is 1.58. The van der Waals surface area contributed by atoms with Gasteiger partial charge in [0.05, 0.1) is 24.8 Å². The van der Waals surface area contributed by atoms with Crippen LogP contribution in [0, 0.1) is 23.6 Å². The van der Waals surface area contributed by atoms with Crippen LogP contribution in [0.2, 0.25) is 0 Å². The van der Waals surface area contributed by atoms with Gasteiger partial charge in [0.25, 0.3) is 11.8 Å². The fraction of sp³-hybridized carbons (Fsp3) is 0.300. The molecule has 0 bridgehead atoms. The lowest BCUT2D eigenvalue weighted by atomic mass is 9.99. The highest BCUT2D eigenvalue weighted by atomic mass is 19.1. The van der Waals surface area contributed by atoms with E-state index in [1.807, 2.05) is 37.3 Å². The minimum atomic E-state index is -0.597. The third-order valence-corrected chi connectivity index (χ3v) is 6.55. The van der Waals surface area contributed by atoms with Crippen LogP contribution in [0.25, 0.3) is 0 Å². The topological polar surface area (TPSA) is 83.0 Å². The Kier molecular flexibility index (Phi) is 8.39. The molecular formula is C30H30FN3O4. The van der Waals surface area contributed by atoms with Gasteiger partial charge in [-0.05, 0) is 37.3 Å². The van der Waals surface area contributed by atoms with Crippen molar-refractivity contribution in [2.24, 2.45) is 5.92 Å². The molecule has 2 amide bonds. The van der Waals surface area contributed by atoms with Crippen molar-refractivity contribution in [3.8, 4) is 17.7 Å². The maximum absolute atomic E-state index is 14.2. The van der Waals surface area contributed by atoms with Gasteiger partial charge < -0.3 is 19.6 Å². The number of benzene rings is 2. The second-order valence-corrected chi connectivity index (χ2v) is 9.48. The first-order valence-corrected chi connectivity index (χ1v) is 12.4. The minimum absolute atomic E-state index is 0.0284. The molecule has 0 saturated heterocycles. The lowest BCUT2D eigenvalue weighted by Crippen LogP contribution is -2.50. The zero-order valence-corrected chi connectivity index (χ0v) is 21.6. The van der Waals surface area contributed by atoms with Crippen molar-refractivity contribution in [3.05, 3.63) is 94.9 Å². The molecule has 1 aliphatic heterocycles. The number of aliphatic hydroxyl groups excluding tert-OH is 1. The van der Waals surface area contributed by atoms with E-state index in [4.69, 9.17) is 4.74 Å². The number of rotatable bonds is 5. The van der Waals surface area contributed by atoms with Crippen LogP contribution >= 0.6 is 0 Å². The van der Waals surface area contributed by atoms with E-state index in [1.165, 1.54) is 23.1 Å². The Morgan fingerprint density at radius 1 is 1.18 bits per heavy atom. The van der Waals surface area contributed by atoms with Gasteiger partial charge in [0, 0.05) is 36.8 Å². The summed E-state index contributed by atoms with van der Waals surface area (Å²) < 4.78 is 20.5. The maximum Gasteiger partial charge on any atom is 0.259 e. The molecule has 3 aromatic rings. The predicted molar refractivity (Wildman–Crippen MR) is 141 cm³/mol. The van der Waals surface area contributed by atoms with E-state index in [0.29, 0.717) is 5.56 Å². The second kappa shape index (κ2) is 11.9. The fourth-order valence-corrected chi connectivity index (χ4v) is 4.25. The molecule has 1 N–H and O–H groups in total. The molecule has 0 fully saturated rings. The molecule has 0 saturated carbocycles. The Labute approximate surface area is 221 Å². The zero-order valence-electron chi connectivity index (χ0n) is 21.6. The number of hydrogen-bond acceptors (Lipinski definition) is 5. The molecule has 2 aromatic carbocycles. The lowest BCUT2D eigenvalue weighted by Gasteiger charge is -2.37. The summed E-state index contributed by atoms with van der Waals surface area (Å²) in [5.74, 6) is 4.61. The number of carbonyl (C=O) groups excluding carboxylic acids is 2. The number of aromatic nitrogens is 1. The van der Waals surface area contributed by atoms with Crippen molar-refractivity contribution >= 4 is 11.8 Å². The van der Waals surface area contributed by atoms with E-state index in [2.05, 4.69) is 16.8 Å². The summed E-state index contributed by atoms with van der Waals surface area (Å²) in [6.07, 6.45) is 0.990. The van der Waals surface area contributed by atoms with Crippen molar-refractivity contribution in [1.82, 2.24) is 14.8 Å². The summed E-state index contributed by atoms with van der Waals surface area (Å²) in [6, 6.07) is 16.5. The quantitative estimate of drug-likeness (QED) is 0.525. The normalized spacial score (nSPS) is 17.7. The summed E-state index contributed by atoms with van der Waals surface area (Å²) in [4.78, 5) is 33.9. The van der Waals surface area contributed by atoms with Gasteiger partial charge in [-0.3, -0.25) is 9.59 Å². The first-order chi connectivity index (χ1) is 18.3. The van der Waals surface area contributed by atoms with Crippen molar-refractivity contribution < 1.29 is 23.8 Å². The van der Waals surface area contributed by atoms with Crippen LogP contribution in [-0.2, 0) is 0 Å². The molecule has 2 heterocycles. The third kappa shape index (κ3) is 6.01. The first-order valence-electron chi connectivity index (χ1n) is 12.4. The third-order valence-electron chi connectivity index (χ3n) is 6.55. The Balaban J connectivity index is 1.66. The number of hydrogen-bond donors (Lipinski definition) is 1. The van der Waals surface area contributed by atoms with Crippen molar-refractivity contribution in [1.29, 1.82) is 0 Å². The predicted octanol–water partition coefficient (Wildman–Crippen LogP) is 3.61. The molecule has 0 unspecified atom stereocenters. The highest BCUT2D eigenvalue weighted by Gasteiger charge is 2.35. The molecule has 38 heavy (non-hydrogen) atoms. The van der Waals surface area contributed by atoms with Crippen LogP contribution in [0.3, 0.4) is 0 Å².